The zero-order chi connectivity index (χ0) is 39.7. The lowest BCUT2D eigenvalue weighted by Crippen LogP contribution is -2.56. The highest BCUT2D eigenvalue weighted by Gasteiger charge is 2.45. The summed E-state index contributed by atoms with van der Waals surface area (Å²) in [6.45, 7) is 2.03. The van der Waals surface area contributed by atoms with Crippen molar-refractivity contribution < 1.29 is 47.9 Å². The first-order chi connectivity index (χ1) is 26.5. The van der Waals surface area contributed by atoms with Gasteiger partial charge in [0.15, 0.2) is 0 Å². The number of nitrogens with one attached hydrogen (secondary N) is 4. The molecular formula is C38H48N6O10S. The zero-order valence-corrected chi connectivity index (χ0v) is 31.7. The molecule has 0 aromatic heterocycles. The Kier molecular flexibility index (Phi) is 16.5. The highest BCUT2D eigenvalue weighted by Crippen LogP contribution is 2.25. The topological polar surface area (TPSA) is 210 Å². The maximum absolute atomic E-state index is 14.2. The number of carbonyl (C=O) groups is 8. The molecule has 2 aliphatic rings. The molecule has 2 saturated heterocycles. The van der Waals surface area contributed by atoms with E-state index in [0.29, 0.717) is 36.5 Å². The summed E-state index contributed by atoms with van der Waals surface area (Å²) in [5.41, 5.74) is 1.54. The van der Waals surface area contributed by atoms with Gasteiger partial charge in [0.25, 0.3) is 11.8 Å². The van der Waals surface area contributed by atoms with Crippen LogP contribution in [0.1, 0.15) is 63.0 Å². The van der Waals surface area contributed by atoms with Gasteiger partial charge in [-0.2, -0.15) is 11.8 Å². The average Bonchev–Trinajstić information content (AvgIpc) is 3.64. The lowest BCUT2D eigenvalue weighted by Gasteiger charge is -2.32. The van der Waals surface area contributed by atoms with Crippen LogP contribution in [0.15, 0.2) is 60.7 Å². The molecule has 17 heteroatoms. The van der Waals surface area contributed by atoms with Crippen LogP contribution < -0.4 is 21.3 Å². The number of rotatable bonds is 21. The molecule has 2 aromatic carbocycles. The van der Waals surface area contributed by atoms with Crippen LogP contribution in [0, 0.1) is 0 Å². The third-order valence-corrected chi connectivity index (χ3v) is 9.86. The van der Waals surface area contributed by atoms with Crippen molar-refractivity contribution >= 4 is 59.8 Å². The van der Waals surface area contributed by atoms with Crippen molar-refractivity contribution in [2.24, 2.45) is 0 Å². The van der Waals surface area contributed by atoms with E-state index in [4.69, 9.17) is 9.57 Å². The molecule has 2 aliphatic heterocycles. The minimum absolute atomic E-state index is 0.00292. The summed E-state index contributed by atoms with van der Waals surface area (Å²) in [5.74, 6) is -3.55. The fraction of sp³-hybridized carbons (Fsp3) is 0.474. The monoisotopic (exact) mass is 780 g/mol. The molecule has 2 aromatic rings. The zero-order valence-electron chi connectivity index (χ0n) is 30.9. The molecule has 0 bridgehead atoms. The van der Waals surface area contributed by atoms with Crippen LogP contribution in [0.25, 0.3) is 0 Å². The van der Waals surface area contributed by atoms with Gasteiger partial charge < -0.3 is 35.7 Å². The molecule has 5 atom stereocenters. The number of hydroxylamine groups is 2. The molecule has 1 unspecified atom stereocenters. The lowest BCUT2D eigenvalue weighted by atomic mass is 10.0. The van der Waals surface area contributed by atoms with Gasteiger partial charge in [-0.1, -0.05) is 60.7 Å². The number of benzene rings is 2. The van der Waals surface area contributed by atoms with E-state index in [9.17, 15) is 38.4 Å². The normalized spacial score (nSPS) is 18.3. The van der Waals surface area contributed by atoms with Gasteiger partial charge in [-0.3, -0.25) is 28.8 Å². The number of carbonyl (C=O) groups excluding carboxylic acids is 8. The molecular weight excluding hydrogens is 733 g/mol. The Balaban J connectivity index is 1.46. The van der Waals surface area contributed by atoms with Crippen LogP contribution in [0.3, 0.4) is 0 Å². The van der Waals surface area contributed by atoms with Gasteiger partial charge in [-0.05, 0) is 62.2 Å². The molecule has 0 saturated carbocycles. The third kappa shape index (κ3) is 12.6. The van der Waals surface area contributed by atoms with Gasteiger partial charge in [0, 0.05) is 31.8 Å². The second-order valence-electron chi connectivity index (χ2n) is 13.3. The SMILES string of the molecule is CSCC[C@H](NC=O)C(=O)N[C@H]1CC(C)N([C@@H](Cc2ccccc2)C(=O)N[C@@H](CCCCNC(=O)OCc2ccccc2)C(=O)ON2C(=O)CCC2=O)C1=O. The highest BCUT2D eigenvalue weighted by atomic mass is 32.2. The van der Waals surface area contributed by atoms with E-state index in [0.717, 1.165) is 11.1 Å². The Morgan fingerprint density at radius 3 is 2.18 bits per heavy atom. The number of hydrogen-bond acceptors (Lipinski definition) is 11. The number of thioether (sulfide) groups is 1. The van der Waals surface area contributed by atoms with Crippen molar-refractivity contribution in [3.05, 3.63) is 71.8 Å². The first-order valence-corrected chi connectivity index (χ1v) is 19.6. The third-order valence-electron chi connectivity index (χ3n) is 9.22. The van der Waals surface area contributed by atoms with Crippen molar-refractivity contribution in [2.45, 2.75) is 95.1 Å². The van der Waals surface area contributed by atoms with E-state index in [1.807, 2.05) is 36.6 Å². The second kappa shape index (κ2) is 21.4. The van der Waals surface area contributed by atoms with Gasteiger partial charge in [-0.25, -0.2) is 9.59 Å². The molecule has 0 spiro atoms. The quantitative estimate of drug-likeness (QED) is 0.0815. The van der Waals surface area contributed by atoms with E-state index in [2.05, 4.69) is 21.3 Å². The van der Waals surface area contributed by atoms with Gasteiger partial charge >= 0.3 is 12.1 Å². The number of amides is 7. The molecule has 2 heterocycles. The second-order valence-corrected chi connectivity index (χ2v) is 14.2. The van der Waals surface area contributed by atoms with Crippen LogP contribution in [-0.2, 0) is 56.2 Å². The summed E-state index contributed by atoms with van der Waals surface area (Å²) in [6.07, 6.45) is 2.70. The maximum Gasteiger partial charge on any atom is 0.407 e. The molecule has 0 aliphatic carbocycles. The predicted octanol–water partition coefficient (Wildman–Crippen LogP) is 1.76. The molecule has 2 fully saturated rings. The smallest absolute Gasteiger partial charge is 0.407 e. The minimum atomic E-state index is -1.34. The Bertz CT molecular complexity index is 1650. The Morgan fingerprint density at radius 1 is 0.891 bits per heavy atom. The number of likely N-dealkylation sites (tertiary alicyclic amines) is 1. The van der Waals surface area contributed by atoms with Crippen molar-refractivity contribution in [1.82, 2.24) is 31.2 Å². The van der Waals surface area contributed by atoms with Gasteiger partial charge in [0.05, 0.1) is 0 Å². The van der Waals surface area contributed by atoms with E-state index < -0.39 is 71.8 Å². The Labute approximate surface area is 323 Å². The molecule has 0 radical (unpaired) electrons. The predicted molar refractivity (Wildman–Crippen MR) is 200 cm³/mol. The summed E-state index contributed by atoms with van der Waals surface area (Å²) >= 11 is 1.50. The van der Waals surface area contributed by atoms with Gasteiger partial charge in [-0.15, -0.1) is 5.06 Å². The van der Waals surface area contributed by atoms with E-state index in [1.165, 1.54) is 16.7 Å². The minimum Gasteiger partial charge on any atom is -0.445 e. The number of hydrogen-bond donors (Lipinski definition) is 4. The first kappa shape index (κ1) is 42.3. The average molecular weight is 781 g/mol. The number of imide groups is 1. The van der Waals surface area contributed by atoms with Crippen LogP contribution >= 0.6 is 11.8 Å². The molecule has 7 amide bonds. The number of nitrogens with zero attached hydrogens (tertiary/aromatic N) is 2. The van der Waals surface area contributed by atoms with Crippen molar-refractivity contribution in [3.8, 4) is 0 Å². The van der Waals surface area contributed by atoms with Crippen LogP contribution in [-0.4, -0.2) is 107 Å². The van der Waals surface area contributed by atoms with Crippen molar-refractivity contribution in [1.29, 1.82) is 0 Å². The standard InChI is InChI=1S/C38H48N6O10S/c1-25-21-30(42-34(48)28(40-24-45)18-20-55-2)36(50)43(25)31(22-26-11-5-3-6-12-26)35(49)41-29(37(51)54-44-32(46)16-17-33(44)47)15-9-10-19-39-38(52)53-23-27-13-7-4-8-14-27/h3-8,11-14,24-25,28-31H,9-10,15-23H2,1-2H3,(H,39,52)(H,40,45)(H,41,49)(H,42,48)/t25?,28-,29-,30-,31-/m0/s1. The molecule has 55 heavy (non-hydrogen) atoms. The summed E-state index contributed by atoms with van der Waals surface area (Å²) in [4.78, 5) is 109. The summed E-state index contributed by atoms with van der Waals surface area (Å²) in [7, 11) is 0. The Morgan fingerprint density at radius 2 is 1.55 bits per heavy atom. The van der Waals surface area contributed by atoms with Gasteiger partial charge in [0.1, 0.15) is 30.8 Å². The Hall–Kier alpha value is -5.45. The molecule has 296 valence electrons. The molecule has 4 N–H and O–H groups in total. The van der Waals surface area contributed by atoms with E-state index in [1.54, 1.807) is 37.3 Å². The summed E-state index contributed by atoms with van der Waals surface area (Å²) in [5, 5.41) is 11.0. The highest BCUT2D eigenvalue weighted by molar-refractivity contribution is 7.98. The number of ether oxygens (including phenoxy) is 1. The van der Waals surface area contributed by atoms with Crippen LogP contribution in [0.5, 0.6) is 0 Å². The van der Waals surface area contributed by atoms with Crippen LogP contribution in [0.4, 0.5) is 4.79 Å². The van der Waals surface area contributed by atoms with Crippen LogP contribution in [0.2, 0.25) is 0 Å². The van der Waals surface area contributed by atoms with Crippen molar-refractivity contribution in [2.75, 3.05) is 18.6 Å². The summed E-state index contributed by atoms with van der Waals surface area (Å²) in [6, 6.07) is 13.3. The first-order valence-electron chi connectivity index (χ1n) is 18.2. The van der Waals surface area contributed by atoms with Crippen molar-refractivity contribution in [3.63, 3.8) is 0 Å². The fourth-order valence-corrected chi connectivity index (χ4v) is 6.81. The largest absolute Gasteiger partial charge is 0.445 e. The van der Waals surface area contributed by atoms with E-state index in [-0.39, 0.29) is 45.3 Å². The molecule has 16 nitrogen and oxygen atoms in total. The fourth-order valence-electron chi connectivity index (χ4n) is 6.34. The maximum atomic E-state index is 14.2. The summed E-state index contributed by atoms with van der Waals surface area (Å²) < 4.78 is 5.23. The lowest BCUT2D eigenvalue weighted by molar-refractivity contribution is -0.199. The number of alkyl carbamates (subject to hydrolysis) is 1. The number of unbranched alkanes of at least 4 members (excludes halogenated alkanes) is 1. The van der Waals surface area contributed by atoms with Gasteiger partial charge in [0.2, 0.25) is 24.1 Å². The van der Waals surface area contributed by atoms with E-state index >= 15 is 0 Å². The molecule has 4 rings (SSSR count).